The summed E-state index contributed by atoms with van der Waals surface area (Å²) in [5.41, 5.74) is 2.78. The number of anilines is 1. The predicted molar refractivity (Wildman–Crippen MR) is 83.8 cm³/mol. The van der Waals surface area contributed by atoms with Crippen LogP contribution in [0.2, 0.25) is 0 Å². The van der Waals surface area contributed by atoms with E-state index in [0.29, 0.717) is 5.92 Å². The van der Waals surface area contributed by atoms with Crippen molar-refractivity contribution < 1.29 is 13.2 Å². The molecule has 1 aliphatic carbocycles. The van der Waals surface area contributed by atoms with Gasteiger partial charge in [-0.05, 0) is 43.4 Å². The van der Waals surface area contributed by atoms with Crippen molar-refractivity contribution in [3.8, 4) is 0 Å². The summed E-state index contributed by atoms with van der Waals surface area (Å²) < 4.78 is 21.2. The van der Waals surface area contributed by atoms with Crippen LogP contribution in [0, 0.1) is 18.8 Å². The summed E-state index contributed by atoms with van der Waals surface area (Å²) in [6.07, 6.45) is 0.980. The van der Waals surface area contributed by atoms with Gasteiger partial charge in [0.1, 0.15) is 5.88 Å². The first-order valence-corrected chi connectivity index (χ1v) is 8.51. The van der Waals surface area contributed by atoms with Crippen LogP contribution in [0.1, 0.15) is 37.4 Å². The van der Waals surface area contributed by atoms with Gasteiger partial charge in [-0.2, -0.15) is 0 Å². The molecule has 1 aromatic rings. The number of hydrogen-bond donors (Lipinski definition) is 3. The maximum Gasteiger partial charge on any atom is 0.223 e. The van der Waals surface area contributed by atoms with E-state index in [0.717, 1.165) is 23.2 Å². The van der Waals surface area contributed by atoms with Crippen molar-refractivity contribution in [3.05, 3.63) is 29.3 Å². The highest BCUT2D eigenvalue weighted by Crippen LogP contribution is 2.38. The number of hydrogen-bond acceptors (Lipinski definition) is 4. The number of aryl methyl sites for hydroxylation is 1. The number of carbonyl (C=O) groups excluding carboxylic acids is 1. The van der Waals surface area contributed by atoms with E-state index in [9.17, 15) is 13.2 Å². The van der Waals surface area contributed by atoms with Crippen LogP contribution in [0.25, 0.3) is 0 Å². The Morgan fingerprint density at radius 3 is 2.62 bits per heavy atom. The molecular weight excluding hydrogens is 288 g/mol. The first-order valence-electron chi connectivity index (χ1n) is 7.15. The third-order valence-corrected chi connectivity index (χ3v) is 4.37. The first kappa shape index (κ1) is 15.8. The van der Waals surface area contributed by atoms with Crippen LogP contribution >= 0.6 is 0 Å². The second kappa shape index (κ2) is 6.47. The van der Waals surface area contributed by atoms with Crippen molar-refractivity contribution in [3.63, 3.8) is 0 Å². The van der Waals surface area contributed by atoms with Gasteiger partial charge in [0, 0.05) is 11.6 Å². The molecule has 1 fully saturated rings. The number of benzene rings is 1. The molecule has 0 radical (unpaired) electrons. The Balaban J connectivity index is 1.99. The molecule has 2 rings (SSSR count). The number of nitrogens with one attached hydrogen (secondary N) is 2. The molecular formula is C15H22N2O3S. The van der Waals surface area contributed by atoms with E-state index in [4.69, 9.17) is 0 Å². The van der Waals surface area contributed by atoms with Crippen molar-refractivity contribution in [2.75, 3.05) is 11.2 Å². The zero-order chi connectivity index (χ0) is 15.6. The van der Waals surface area contributed by atoms with Gasteiger partial charge < -0.3 is 10.6 Å². The van der Waals surface area contributed by atoms with E-state index in [-0.39, 0.29) is 23.7 Å². The molecule has 0 aromatic heterocycles. The zero-order valence-electron chi connectivity index (χ0n) is 12.6. The average Bonchev–Trinajstić information content (AvgIpc) is 3.14. The Hall–Kier alpha value is -1.56. The van der Waals surface area contributed by atoms with E-state index in [1.807, 2.05) is 32.0 Å². The fourth-order valence-corrected chi connectivity index (χ4v) is 2.69. The summed E-state index contributed by atoms with van der Waals surface area (Å²) in [5, 5.41) is 5.90. The molecule has 0 bridgehead atoms. The molecule has 0 aliphatic heterocycles. The molecule has 0 spiro atoms. The molecule has 1 aromatic carbocycles. The van der Waals surface area contributed by atoms with Gasteiger partial charge in [0.25, 0.3) is 0 Å². The van der Waals surface area contributed by atoms with Crippen LogP contribution in [0.15, 0.2) is 18.2 Å². The van der Waals surface area contributed by atoms with Gasteiger partial charge >= 0.3 is 0 Å². The summed E-state index contributed by atoms with van der Waals surface area (Å²) in [6.45, 7) is 5.96. The van der Waals surface area contributed by atoms with Gasteiger partial charge in [-0.3, -0.25) is 4.79 Å². The molecule has 116 valence electrons. The van der Waals surface area contributed by atoms with Crippen LogP contribution in [-0.4, -0.2) is 20.2 Å². The highest BCUT2D eigenvalue weighted by molar-refractivity contribution is 7.72. The molecule has 1 amide bonds. The summed E-state index contributed by atoms with van der Waals surface area (Å²) in [7, 11) is -2.44. The minimum absolute atomic E-state index is 0.0470. The van der Waals surface area contributed by atoms with E-state index < -0.39 is 10.7 Å². The maximum absolute atomic E-state index is 11.9. The Morgan fingerprint density at radius 2 is 2.10 bits per heavy atom. The molecule has 2 unspecified atom stereocenters. The van der Waals surface area contributed by atoms with Gasteiger partial charge in [-0.1, -0.05) is 19.1 Å². The second-order valence-electron chi connectivity index (χ2n) is 5.79. The van der Waals surface area contributed by atoms with Crippen molar-refractivity contribution in [1.82, 2.24) is 5.32 Å². The summed E-state index contributed by atoms with van der Waals surface area (Å²) in [5.74, 6) is 0.724. The van der Waals surface area contributed by atoms with Gasteiger partial charge in [0.2, 0.25) is 5.91 Å². The number of amides is 1. The van der Waals surface area contributed by atoms with Crippen LogP contribution in [0.4, 0.5) is 5.69 Å². The summed E-state index contributed by atoms with van der Waals surface area (Å²) >= 11 is 0. The van der Waals surface area contributed by atoms with Crippen LogP contribution in [0.3, 0.4) is 0 Å². The lowest BCUT2D eigenvalue weighted by Gasteiger charge is -2.16. The summed E-state index contributed by atoms with van der Waals surface area (Å²) in [4.78, 5) is 11.9. The van der Waals surface area contributed by atoms with Gasteiger partial charge in [0.15, 0.2) is 10.7 Å². The average molecular weight is 310 g/mol. The van der Waals surface area contributed by atoms with Crippen molar-refractivity contribution in [2.24, 2.45) is 11.8 Å². The minimum Gasteiger partial charge on any atom is -0.372 e. The zero-order valence-corrected chi connectivity index (χ0v) is 13.4. The van der Waals surface area contributed by atoms with Crippen molar-refractivity contribution in [2.45, 2.75) is 33.2 Å². The minimum atomic E-state index is -2.44. The fraction of sp³-hybridized carbons (Fsp3) is 0.533. The van der Waals surface area contributed by atoms with Gasteiger partial charge in [-0.15, -0.1) is 0 Å². The maximum atomic E-state index is 11.9. The molecule has 2 N–H and O–H groups in total. The second-order valence-corrected chi connectivity index (χ2v) is 6.77. The molecule has 3 atom stereocenters. The largest absolute Gasteiger partial charge is 0.372 e. The van der Waals surface area contributed by atoms with Crippen LogP contribution in [-0.2, 0) is 15.5 Å². The lowest BCUT2D eigenvalue weighted by Crippen LogP contribution is -2.28. The molecule has 0 saturated heterocycles. The SMILES string of the molecule is Cc1cc([C@@H](C)NC(=O)C2CC2C)ccc1NC[SH](=O)=O. The van der Waals surface area contributed by atoms with E-state index in [1.165, 1.54) is 0 Å². The molecule has 1 saturated carbocycles. The third kappa shape index (κ3) is 4.20. The Bertz CT molecular complexity index is 605. The predicted octanol–water partition coefficient (Wildman–Crippen LogP) is 1.81. The molecule has 1 aliphatic rings. The standard InChI is InChI=1S/C15H22N2O3S/c1-9-7-13(9)15(18)17-11(3)12-4-5-14(10(2)6-12)16-8-21(19)20/h4-6,9,11,13,16,21H,7-8H2,1-3H3,(H,17,18)/t9?,11-,13?/m1/s1. The quantitative estimate of drug-likeness (QED) is 0.701. The van der Waals surface area contributed by atoms with Crippen molar-refractivity contribution >= 4 is 22.3 Å². The van der Waals surface area contributed by atoms with Crippen LogP contribution in [0.5, 0.6) is 0 Å². The van der Waals surface area contributed by atoms with Gasteiger partial charge in [0.05, 0.1) is 6.04 Å². The van der Waals surface area contributed by atoms with E-state index in [1.54, 1.807) is 0 Å². The number of rotatable bonds is 6. The van der Waals surface area contributed by atoms with Crippen LogP contribution < -0.4 is 10.6 Å². The number of carbonyl (C=O) groups is 1. The van der Waals surface area contributed by atoms with Gasteiger partial charge in [-0.25, -0.2) is 8.42 Å². The lowest BCUT2D eigenvalue weighted by atomic mass is 10.0. The highest BCUT2D eigenvalue weighted by atomic mass is 32.2. The Kier molecular flexibility index (Phi) is 4.88. The Morgan fingerprint density at radius 1 is 1.43 bits per heavy atom. The smallest absolute Gasteiger partial charge is 0.223 e. The molecule has 6 heteroatoms. The first-order chi connectivity index (χ1) is 9.88. The highest BCUT2D eigenvalue weighted by Gasteiger charge is 2.39. The topological polar surface area (TPSA) is 75.3 Å². The molecule has 21 heavy (non-hydrogen) atoms. The lowest BCUT2D eigenvalue weighted by molar-refractivity contribution is -0.123. The Labute approximate surface area is 127 Å². The van der Waals surface area contributed by atoms with Crippen molar-refractivity contribution in [1.29, 1.82) is 0 Å². The summed E-state index contributed by atoms with van der Waals surface area (Å²) in [6, 6.07) is 5.69. The third-order valence-electron chi connectivity index (χ3n) is 3.95. The molecule has 5 nitrogen and oxygen atoms in total. The monoisotopic (exact) mass is 310 g/mol. The fourth-order valence-electron chi connectivity index (χ4n) is 2.40. The number of thiol groups is 1. The normalized spacial score (nSPS) is 21.9. The molecule has 0 heterocycles. The van der Waals surface area contributed by atoms with E-state index >= 15 is 0 Å². The van der Waals surface area contributed by atoms with E-state index in [2.05, 4.69) is 17.6 Å².